The van der Waals surface area contributed by atoms with Crippen LogP contribution in [0.15, 0.2) is 18.2 Å². The molecule has 19 heavy (non-hydrogen) atoms. The average Bonchev–Trinajstić information content (AvgIpc) is 2.26. The standard InChI is InChI=1S/C13H17F3NO2/c1-17(2,3)11-6-5-9(8-12(18)19-4)7-10(11)13(14,15)16/h5-7H,8H2,1-4H3/q+1. The van der Waals surface area contributed by atoms with E-state index in [1.165, 1.54) is 19.2 Å². The second-order valence-electron chi connectivity index (χ2n) is 5.11. The Morgan fingerprint density at radius 2 is 1.84 bits per heavy atom. The Hall–Kier alpha value is -1.56. The second-order valence-corrected chi connectivity index (χ2v) is 5.11. The summed E-state index contributed by atoms with van der Waals surface area (Å²) in [6.07, 6.45) is -4.62. The lowest BCUT2D eigenvalue weighted by molar-refractivity contribution is -0.140. The third kappa shape index (κ3) is 3.96. The van der Waals surface area contributed by atoms with Crippen LogP contribution in [0.2, 0.25) is 0 Å². The Bertz CT molecular complexity index is 476. The first-order valence-corrected chi connectivity index (χ1v) is 5.64. The predicted molar refractivity (Wildman–Crippen MR) is 66.7 cm³/mol. The number of rotatable bonds is 3. The Balaban J connectivity index is 3.28. The van der Waals surface area contributed by atoms with Crippen molar-refractivity contribution in [1.29, 1.82) is 0 Å². The molecular weight excluding hydrogens is 259 g/mol. The molecule has 0 aliphatic heterocycles. The van der Waals surface area contributed by atoms with E-state index in [1.807, 2.05) is 0 Å². The van der Waals surface area contributed by atoms with E-state index in [-0.39, 0.29) is 22.2 Å². The van der Waals surface area contributed by atoms with Crippen molar-refractivity contribution in [2.24, 2.45) is 0 Å². The van der Waals surface area contributed by atoms with Gasteiger partial charge in [-0.15, -0.1) is 0 Å². The highest BCUT2D eigenvalue weighted by atomic mass is 19.4. The highest BCUT2D eigenvalue weighted by Gasteiger charge is 2.38. The van der Waals surface area contributed by atoms with Gasteiger partial charge in [0.15, 0.2) is 0 Å². The van der Waals surface area contributed by atoms with Gasteiger partial charge in [-0.05, 0) is 11.6 Å². The highest BCUT2D eigenvalue weighted by Crippen LogP contribution is 2.38. The summed E-state index contributed by atoms with van der Waals surface area (Å²) < 4.78 is 43.7. The minimum absolute atomic E-state index is 0.0490. The number of alkyl halides is 3. The molecule has 0 radical (unpaired) electrons. The van der Waals surface area contributed by atoms with Crippen LogP contribution in [-0.2, 0) is 22.1 Å². The zero-order valence-corrected chi connectivity index (χ0v) is 11.3. The van der Waals surface area contributed by atoms with Crippen LogP contribution >= 0.6 is 0 Å². The number of hydrogen-bond acceptors (Lipinski definition) is 2. The second kappa shape index (κ2) is 5.21. The van der Waals surface area contributed by atoms with Crippen molar-refractivity contribution in [2.45, 2.75) is 12.6 Å². The average molecular weight is 276 g/mol. The van der Waals surface area contributed by atoms with Gasteiger partial charge in [-0.3, -0.25) is 9.28 Å². The summed E-state index contributed by atoms with van der Waals surface area (Å²) in [6.45, 7) is 0. The number of nitrogens with zero attached hydrogens (tertiary/aromatic N) is 1. The van der Waals surface area contributed by atoms with Crippen molar-refractivity contribution in [1.82, 2.24) is 4.48 Å². The molecule has 0 spiro atoms. The summed E-state index contributed by atoms with van der Waals surface area (Å²) in [5.41, 5.74) is -0.279. The molecule has 0 saturated carbocycles. The van der Waals surface area contributed by atoms with Crippen LogP contribution < -0.4 is 4.48 Å². The SMILES string of the molecule is COC(=O)Cc1ccc([N+](C)(C)C)c(C(F)(F)F)c1. The summed E-state index contributed by atoms with van der Waals surface area (Å²) in [6, 6.07) is 3.93. The molecule has 1 aromatic carbocycles. The topological polar surface area (TPSA) is 26.3 Å². The Labute approximate surface area is 110 Å². The molecule has 0 unspecified atom stereocenters. The van der Waals surface area contributed by atoms with Gasteiger partial charge in [0.1, 0.15) is 11.3 Å². The molecule has 0 aliphatic carbocycles. The van der Waals surface area contributed by atoms with Crippen LogP contribution in [0, 0.1) is 0 Å². The molecule has 0 aromatic heterocycles. The molecule has 1 rings (SSSR count). The van der Waals surface area contributed by atoms with Crippen LogP contribution in [-0.4, -0.2) is 34.2 Å². The number of carbonyl (C=O) groups excluding carboxylic acids is 1. The van der Waals surface area contributed by atoms with E-state index < -0.39 is 17.7 Å². The normalized spacial score (nSPS) is 12.4. The molecule has 1 aromatic rings. The summed E-state index contributed by atoms with van der Waals surface area (Å²) in [5, 5.41) is 0. The molecule has 0 N–H and O–H groups in total. The summed E-state index contributed by atoms with van der Waals surface area (Å²) in [7, 11) is 6.17. The maximum Gasteiger partial charge on any atom is 0.422 e. The molecule has 0 heterocycles. The molecule has 0 saturated heterocycles. The number of hydrogen-bond donors (Lipinski definition) is 0. The van der Waals surface area contributed by atoms with E-state index in [0.717, 1.165) is 6.07 Å². The minimum atomic E-state index is -4.45. The lowest BCUT2D eigenvalue weighted by Gasteiger charge is -2.27. The van der Waals surface area contributed by atoms with Crippen molar-refractivity contribution in [3.8, 4) is 0 Å². The highest BCUT2D eigenvalue weighted by molar-refractivity contribution is 5.73. The largest absolute Gasteiger partial charge is 0.469 e. The van der Waals surface area contributed by atoms with E-state index in [2.05, 4.69) is 4.74 Å². The number of methoxy groups -OCH3 is 1. The zero-order chi connectivity index (χ0) is 14.8. The van der Waals surface area contributed by atoms with Gasteiger partial charge in [0.05, 0.1) is 34.7 Å². The van der Waals surface area contributed by atoms with Crippen molar-refractivity contribution in [3.05, 3.63) is 29.3 Å². The molecule has 0 amide bonds. The van der Waals surface area contributed by atoms with Crippen molar-refractivity contribution < 1.29 is 22.7 Å². The molecule has 0 aliphatic rings. The van der Waals surface area contributed by atoms with Gasteiger partial charge in [-0.1, -0.05) is 6.07 Å². The van der Waals surface area contributed by atoms with Crippen LogP contribution in [0.3, 0.4) is 0 Å². The number of benzene rings is 1. The lowest BCUT2D eigenvalue weighted by Crippen LogP contribution is -2.36. The quantitative estimate of drug-likeness (QED) is 0.626. The first-order chi connectivity index (χ1) is 8.55. The van der Waals surface area contributed by atoms with Gasteiger partial charge in [-0.2, -0.15) is 13.2 Å². The van der Waals surface area contributed by atoms with Crippen LogP contribution in [0.5, 0.6) is 0 Å². The Morgan fingerprint density at radius 3 is 2.26 bits per heavy atom. The van der Waals surface area contributed by atoms with Gasteiger partial charge >= 0.3 is 12.1 Å². The first kappa shape index (κ1) is 15.5. The third-order valence-electron chi connectivity index (χ3n) is 2.67. The number of quaternary nitrogens is 1. The van der Waals surface area contributed by atoms with Gasteiger partial charge in [0.2, 0.25) is 0 Å². The number of carbonyl (C=O) groups is 1. The summed E-state index contributed by atoms with van der Waals surface area (Å²) in [5.74, 6) is -0.564. The molecule has 0 bridgehead atoms. The third-order valence-corrected chi connectivity index (χ3v) is 2.67. The van der Waals surface area contributed by atoms with Crippen LogP contribution in [0.4, 0.5) is 18.9 Å². The lowest BCUT2D eigenvalue weighted by atomic mass is 10.0. The van der Waals surface area contributed by atoms with Gasteiger partial charge in [0, 0.05) is 6.07 Å². The van der Waals surface area contributed by atoms with Crippen molar-refractivity contribution >= 4 is 11.7 Å². The Morgan fingerprint density at radius 1 is 1.26 bits per heavy atom. The fourth-order valence-corrected chi connectivity index (χ4v) is 1.74. The van der Waals surface area contributed by atoms with Crippen molar-refractivity contribution in [2.75, 3.05) is 28.3 Å². The van der Waals surface area contributed by atoms with Crippen molar-refractivity contribution in [3.63, 3.8) is 0 Å². The number of ether oxygens (including phenoxy) is 1. The zero-order valence-electron chi connectivity index (χ0n) is 11.3. The minimum Gasteiger partial charge on any atom is -0.469 e. The van der Waals surface area contributed by atoms with E-state index >= 15 is 0 Å². The maximum absolute atomic E-state index is 13.1. The Kier molecular flexibility index (Phi) is 4.25. The van der Waals surface area contributed by atoms with E-state index in [1.54, 1.807) is 21.1 Å². The predicted octanol–water partition coefficient (Wildman–Crippen LogP) is 2.62. The van der Waals surface area contributed by atoms with Crippen LogP contribution in [0.25, 0.3) is 0 Å². The van der Waals surface area contributed by atoms with Crippen LogP contribution in [0.1, 0.15) is 11.1 Å². The van der Waals surface area contributed by atoms with E-state index in [9.17, 15) is 18.0 Å². The first-order valence-electron chi connectivity index (χ1n) is 5.64. The number of esters is 1. The smallest absolute Gasteiger partial charge is 0.422 e. The molecule has 3 nitrogen and oxygen atoms in total. The maximum atomic E-state index is 13.1. The fraction of sp³-hybridized carbons (Fsp3) is 0.462. The monoisotopic (exact) mass is 276 g/mol. The van der Waals surface area contributed by atoms with E-state index in [4.69, 9.17) is 0 Å². The number of halogens is 3. The molecule has 0 atom stereocenters. The van der Waals surface area contributed by atoms with Gasteiger partial charge in [-0.25, -0.2) is 0 Å². The molecule has 0 fully saturated rings. The summed E-state index contributed by atoms with van der Waals surface area (Å²) in [4.78, 5) is 11.1. The van der Waals surface area contributed by atoms with Gasteiger partial charge < -0.3 is 4.74 Å². The fourth-order valence-electron chi connectivity index (χ4n) is 1.74. The van der Waals surface area contributed by atoms with Gasteiger partial charge in [0.25, 0.3) is 0 Å². The molecule has 6 heteroatoms. The summed E-state index contributed by atoms with van der Waals surface area (Å²) >= 11 is 0. The molecular formula is C13H17F3NO2+. The van der Waals surface area contributed by atoms with E-state index in [0.29, 0.717) is 0 Å². The molecule has 106 valence electrons.